The molecule has 0 amide bonds. The van der Waals surface area contributed by atoms with Crippen LogP contribution in [0.4, 0.5) is 46.5 Å². The lowest BCUT2D eigenvalue weighted by Gasteiger charge is -2.30. The Bertz CT molecular complexity index is 1220. The predicted molar refractivity (Wildman–Crippen MR) is 118 cm³/mol. The summed E-state index contributed by atoms with van der Waals surface area (Å²) in [6, 6.07) is 12.4. The van der Waals surface area contributed by atoms with Crippen LogP contribution in [-0.2, 0) is 5.92 Å². The third kappa shape index (κ3) is 6.13. The van der Waals surface area contributed by atoms with Gasteiger partial charge < -0.3 is 14.7 Å². The molecule has 194 valence electrons. The van der Waals surface area contributed by atoms with Crippen molar-refractivity contribution in [3.05, 3.63) is 82.3 Å². The Labute approximate surface area is 209 Å². The van der Waals surface area contributed by atoms with Gasteiger partial charge in [0.25, 0.3) is 0 Å². The first-order valence-corrected chi connectivity index (χ1v) is 10.7. The van der Waals surface area contributed by atoms with Gasteiger partial charge in [0.2, 0.25) is 0 Å². The van der Waals surface area contributed by atoms with Crippen LogP contribution in [0, 0.1) is 0 Å². The minimum absolute atomic E-state index is 0.0277. The molecule has 3 nitrogen and oxygen atoms in total. The van der Waals surface area contributed by atoms with E-state index in [-0.39, 0.29) is 27.2 Å². The Morgan fingerprint density at radius 3 is 2.00 bits per heavy atom. The normalized spacial score (nSPS) is 13.4. The van der Waals surface area contributed by atoms with Crippen molar-refractivity contribution in [2.75, 3.05) is 11.4 Å². The Hall–Kier alpha value is -2.76. The van der Waals surface area contributed by atoms with Gasteiger partial charge in [-0.1, -0.05) is 47.5 Å². The number of aliphatic hydroxyl groups excluding tert-OH is 1. The maximum absolute atomic E-state index is 13.9. The smallest absolute Gasteiger partial charge is 0.456 e. The molecule has 3 rings (SSSR count). The maximum atomic E-state index is 13.9. The van der Waals surface area contributed by atoms with Gasteiger partial charge in [0, 0.05) is 23.0 Å². The highest BCUT2D eigenvalue weighted by molar-refractivity contribution is 6.42. The molecule has 0 radical (unpaired) electrons. The lowest BCUT2D eigenvalue weighted by molar-refractivity contribution is -0.289. The number of alkyl halides is 8. The van der Waals surface area contributed by atoms with E-state index in [2.05, 4.69) is 0 Å². The zero-order valence-electron chi connectivity index (χ0n) is 17.7. The molecule has 0 bridgehead atoms. The molecule has 36 heavy (non-hydrogen) atoms. The standard InChI is InChI=1S/C23H15Cl2F8NO2/c24-17-8-3-9-18(20(17)25)36-16-7-2-6-15(11-16)34(12-19(35)22(28,29)30)14-5-1-4-13(10-14)21(26,27)23(31,32)33/h1-11,19,35H,12H2. The second-order valence-electron chi connectivity index (χ2n) is 7.44. The number of hydrogen-bond donors (Lipinski definition) is 1. The second-order valence-corrected chi connectivity index (χ2v) is 8.23. The van der Waals surface area contributed by atoms with E-state index in [1.54, 1.807) is 0 Å². The minimum atomic E-state index is -5.94. The van der Waals surface area contributed by atoms with Crippen LogP contribution in [0.15, 0.2) is 66.7 Å². The Kier molecular flexibility index (Phi) is 7.97. The zero-order valence-corrected chi connectivity index (χ0v) is 19.2. The number of halogens is 10. The molecule has 0 heterocycles. The molecule has 0 aromatic heterocycles. The average molecular weight is 560 g/mol. The molecular weight excluding hydrogens is 545 g/mol. The molecule has 0 saturated heterocycles. The van der Waals surface area contributed by atoms with Gasteiger partial charge in [0.15, 0.2) is 6.10 Å². The van der Waals surface area contributed by atoms with Gasteiger partial charge in [-0.15, -0.1) is 0 Å². The fourth-order valence-corrected chi connectivity index (χ4v) is 3.40. The van der Waals surface area contributed by atoms with Crippen molar-refractivity contribution in [2.45, 2.75) is 24.4 Å². The van der Waals surface area contributed by atoms with Crippen LogP contribution < -0.4 is 9.64 Å². The van der Waals surface area contributed by atoms with Crippen LogP contribution in [0.1, 0.15) is 5.56 Å². The van der Waals surface area contributed by atoms with Crippen molar-refractivity contribution in [3.8, 4) is 11.5 Å². The first-order chi connectivity index (χ1) is 16.6. The molecule has 0 aliphatic carbocycles. The average Bonchev–Trinajstić information content (AvgIpc) is 2.79. The number of aliphatic hydroxyl groups is 1. The van der Waals surface area contributed by atoms with Gasteiger partial charge in [-0.05, 0) is 36.4 Å². The zero-order chi connectivity index (χ0) is 26.9. The van der Waals surface area contributed by atoms with Crippen molar-refractivity contribution >= 4 is 34.6 Å². The molecule has 0 aliphatic rings. The van der Waals surface area contributed by atoms with Crippen LogP contribution in [0.3, 0.4) is 0 Å². The van der Waals surface area contributed by atoms with Crippen LogP contribution in [0.5, 0.6) is 11.5 Å². The summed E-state index contributed by atoms with van der Waals surface area (Å²) in [7, 11) is 0. The molecule has 1 atom stereocenters. The molecule has 0 spiro atoms. The van der Waals surface area contributed by atoms with Crippen molar-refractivity contribution in [1.82, 2.24) is 0 Å². The number of nitrogens with zero attached hydrogens (tertiary/aromatic N) is 1. The molecule has 1 N–H and O–H groups in total. The fourth-order valence-electron chi connectivity index (χ4n) is 3.07. The topological polar surface area (TPSA) is 32.7 Å². The molecule has 0 fully saturated rings. The summed E-state index contributed by atoms with van der Waals surface area (Å²) in [5, 5.41) is 9.84. The van der Waals surface area contributed by atoms with E-state index < -0.39 is 42.2 Å². The van der Waals surface area contributed by atoms with Gasteiger partial charge in [-0.2, -0.15) is 35.1 Å². The first kappa shape index (κ1) is 27.8. The monoisotopic (exact) mass is 559 g/mol. The summed E-state index contributed by atoms with van der Waals surface area (Å²) in [4.78, 5) is 0.737. The summed E-state index contributed by atoms with van der Waals surface area (Å²) in [5.74, 6) is -5.15. The van der Waals surface area contributed by atoms with Crippen molar-refractivity contribution < 1.29 is 45.0 Å². The van der Waals surface area contributed by atoms with Gasteiger partial charge >= 0.3 is 18.3 Å². The van der Waals surface area contributed by atoms with E-state index in [1.165, 1.54) is 42.5 Å². The van der Waals surface area contributed by atoms with Crippen LogP contribution >= 0.6 is 23.2 Å². The highest BCUT2D eigenvalue weighted by atomic mass is 35.5. The summed E-state index contributed by atoms with van der Waals surface area (Å²) in [5.41, 5.74) is -2.06. The number of benzene rings is 3. The van der Waals surface area contributed by atoms with Crippen LogP contribution in [0.2, 0.25) is 10.0 Å². The van der Waals surface area contributed by atoms with Gasteiger partial charge in [0.1, 0.15) is 16.5 Å². The molecule has 13 heteroatoms. The van der Waals surface area contributed by atoms with E-state index in [0.29, 0.717) is 12.1 Å². The first-order valence-electron chi connectivity index (χ1n) is 9.90. The minimum Gasteiger partial charge on any atom is -0.456 e. The highest BCUT2D eigenvalue weighted by Crippen LogP contribution is 2.45. The number of hydrogen-bond acceptors (Lipinski definition) is 3. The molecule has 3 aromatic rings. The molecule has 0 saturated carbocycles. The van der Waals surface area contributed by atoms with Crippen molar-refractivity contribution in [3.63, 3.8) is 0 Å². The number of ether oxygens (including phenoxy) is 1. The van der Waals surface area contributed by atoms with Gasteiger partial charge in [-0.3, -0.25) is 0 Å². The van der Waals surface area contributed by atoms with E-state index >= 15 is 0 Å². The number of rotatable bonds is 7. The highest BCUT2D eigenvalue weighted by Gasteiger charge is 2.58. The summed E-state index contributed by atoms with van der Waals surface area (Å²) in [6.45, 7) is -1.22. The maximum Gasteiger partial charge on any atom is 0.458 e. The van der Waals surface area contributed by atoms with E-state index in [1.807, 2.05) is 0 Å². The van der Waals surface area contributed by atoms with E-state index in [0.717, 1.165) is 17.0 Å². The summed E-state index contributed by atoms with van der Waals surface area (Å²) >= 11 is 12.0. The van der Waals surface area contributed by atoms with E-state index in [4.69, 9.17) is 27.9 Å². The predicted octanol–water partition coefficient (Wildman–Crippen LogP) is 8.50. The second kappa shape index (κ2) is 10.3. The molecule has 0 aliphatic heterocycles. The van der Waals surface area contributed by atoms with E-state index in [9.17, 15) is 40.2 Å². The third-order valence-corrected chi connectivity index (χ3v) is 5.68. The van der Waals surface area contributed by atoms with Crippen LogP contribution in [0.25, 0.3) is 0 Å². The van der Waals surface area contributed by atoms with Crippen LogP contribution in [-0.4, -0.2) is 30.1 Å². The summed E-state index contributed by atoms with van der Waals surface area (Å²) in [6.07, 6.45) is -14.0. The van der Waals surface area contributed by atoms with Gasteiger partial charge in [-0.25, -0.2) is 0 Å². The fraction of sp³-hybridized carbons (Fsp3) is 0.217. The van der Waals surface area contributed by atoms with Crippen molar-refractivity contribution in [1.29, 1.82) is 0 Å². The molecule has 1 unspecified atom stereocenters. The third-order valence-electron chi connectivity index (χ3n) is 4.88. The lowest BCUT2D eigenvalue weighted by atomic mass is 10.1. The molecular formula is C23H15Cl2F8NO2. The Morgan fingerprint density at radius 1 is 0.806 bits per heavy atom. The Balaban J connectivity index is 2.06. The SMILES string of the molecule is OC(CN(c1cccc(Oc2cccc(Cl)c2Cl)c1)c1cccc(C(F)(F)C(F)(F)F)c1)C(F)(F)F. The quantitative estimate of drug-likeness (QED) is 0.294. The molecule has 3 aromatic carbocycles. The number of anilines is 2. The largest absolute Gasteiger partial charge is 0.458 e. The summed E-state index contributed by atoms with van der Waals surface area (Å²) < 4.78 is 111. The lowest BCUT2D eigenvalue weighted by Crippen LogP contribution is -2.39. The van der Waals surface area contributed by atoms with Gasteiger partial charge in [0.05, 0.1) is 11.6 Å². The Morgan fingerprint density at radius 2 is 1.39 bits per heavy atom. The van der Waals surface area contributed by atoms with Crippen molar-refractivity contribution in [2.24, 2.45) is 0 Å².